The molecule has 0 aliphatic carbocycles. The number of nitro groups is 1. The quantitative estimate of drug-likeness (QED) is 0.492. The van der Waals surface area contributed by atoms with Crippen molar-refractivity contribution in [1.29, 1.82) is 0 Å². The standard InChI is InChI=1S/C10H8BrClN4O2/c1-15-9(5-11)13-14-10(15)6-2-7(12)4-8(3-6)16(17)18/h2-4H,5H2,1H3. The molecule has 94 valence electrons. The van der Waals surface area contributed by atoms with Crippen LogP contribution in [0.4, 0.5) is 5.69 Å². The van der Waals surface area contributed by atoms with E-state index in [1.807, 2.05) is 0 Å². The molecule has 0 bridgehead atoms. The highest BCUT2D eigenvalue weighted by atomic mass is 79.9. The average molecular weight is 332 g/mol. The molecule has 2 rings (SSSR count). The molecule has 0 aliphatic heterocycles. The number of halogens is 2. The fraction of sp³-hybridized carbons (Fsp3) is 0.200. The van der Waals surface area contributed by atoms with Crippen molar-refractivity contribution in [2.24, 2.45) is 7.05 Å². The van der Waals surface area contributed by atoms with Gasteiger partial charge in [-0.3, -0.25) is 10.1 Å². The smallest absolute Gasteiger partial charge is 0.271 e. The normalized spacial score (nSPS) is 10.6. The van der Waals surface area contributed by atoms with E-state index >= 15 is 0 Å². The van der Waals surface area contributed by atoms with Crippen molar-refractivity contribution >= 4 is 33.2 Å². The van der Waals surface area contributed by atoms with Crippen LogP contribution in [0.5, 0.6) is 0 Å². The lowest BCUT2D eigenvalue weighted by molar-refractivity contribution is -0.384. The molecule has 1 heterocycles. The number of nitrogens with zero attached hydrogens (tertiary/aromatic N) is 4. The van der Waals surface area contributed by atoms with Gasteiger partial charge in [0.25, 0.3) is 5.69 Å². The minimum absolute atomic E-state index is 0.0686. The molecule has 0 N–H and O–H groups in total. The zero-order valence-corrected chi connectivity index (χ0v) is 11.6. The van der Waals surface area contributed by atoms with E-state index in [4.69, 9.17) is 11.6 Å². The molecule has 0 atom stereocenters. The van der Waals surface area contributed by atoms with Crippen LogP contribution in [-0.2, 0) is 12.4 Å². The summed E-state index contributed by atoms with van der Waals surface area (Å²) in [6, 6.07) is 4.34. The van der Waals surface area contributed by atoms with Crippen molar-refractivity contribution in [3.63, 3.8) is 0 Å². The van der Waals surface area contributed by atoms with Crippen LogP contribution in [0.25, 0.3) is 11.4 Å². The second kappa shape index (κ2) is 5.03. The van der Waals surface area contributed by atoms with Gasteiger partial charge in [-0.2, -0.15) is 0 Å². The summed E-state index contributed by atoms with van der Waals surface area (Å²) in [7, 11) is 1.79. The number of hydrogen-bond acceptors (Lipinski definition) is 4. The van der Waals surface area contributed by atoms with Gasteiger partial charge in [-0.05, 0) is 6.07 Å². The molecule has 1 aromatic carbocycles. The summed E-state index contributed by atoms with van der Waals surface area (Å²) in [6.07, 6.45) is 0. The summed E-state index contributed by atoms with van der Waals surface area (Å²) in [5.41, 5.74) is 0.497. The lowest BCUT2D eigenvalue weighted by Crippen LogP contribution is -1.98. The largest absolute Gasteiger partial charge is 0.313 e. The zero-order chi connectivity index (χ0) is 13.3. The molecular weight excluding hydrogens is 323 g/mol. The minimum atomic E-state index is -0.489. The van der Waals surface area contributed by atoms with Crippen molar-refractivity contribution in [2.45, 2.75) is 5.33 Å². The Labute approximate surface area is 116 Å². The molecular formula is C10H8BrClN4O2. The van der Waals surface area contributed by atoms with Gasteiger partial charge in [-0.15, -0.1) is 10.2 Å². The number of nitro benzene ring substituents is 1. The number of hydrogen-bond donors (Lipinski definition) is 0. The van der Waals surface area contributed by atoms with Crippen LogP contribution >= 0.6 is 27.5 Å². The number of aromatic nitrogens is 3. The topological polar surface area (TPSA) is 73.8 Å². The Kier molecular flexibility index (Phi) is 3.63. The Morgan fingerprint density at radius 3 is 2.72 bits per heavy atom. The molecule has 2 aromatic rings. The molecule has 1 aromatic heterocycles. The molecule has 0 unspecified atom stereocenters. The zero-order valence-electron chi connectivity index (χ0n) is 9.30. The van der Waals surface area contributed by atoms with Crippen LogP contribution in [0.3, 0.4) is 0 Å². The van der Waals surface area contributed by atoms with Gasteiger partial charge in [0.05, 0.1) is 10.3 Å². The van der Waals surface area contributed by atoms with Gasteiger partial charge in [0, 0.05) is 29.8 Å². The van der Waals surface area contributed by atoms with Crippen molar-refractivity contribution in [3.8, 4) is 11.4 Å². The molecule has 0 amide bonds. The van der Waals surface area contributed by atoms with E-state index in [0.717, 1.165) is 5.82 Å². The van der Waals surface area contributed by atoms with E-state index in [1.54, 1.807) is 17.7 Å². The van der Waals surface area contributed by atoms with Gasteiger partial charge < -0.3 is 4.57 Å². The maximum atomic E-state index is 10.8. The predicted octanol–water partition coefficient (Wildman–Crippen LogP) is 2.94. The third-order valence-electron chi connectivity index (χ3n) is 2.44. The third kappa shape index (κ3) is 2.37. The fourth-order valence-electron chi connectivity index (χ4n) is 1.54. The lowest BCUT2D eigenvalue weighted by Gasteiger charge is -2.03. The highest BCUT2D eigenvalue weighted by Crippen LogP contribution is 2.27. The van der Waals surface area contributed by atoms with Crippen LogP contribution in [0.2, 0.25) is 5.02 Å². The Morgan fingerprint density at radius 1 is 1.44 bits per heavy atom. The van der Waals surface area contributed by atoms with Crippen molar-refractivity contribution < 1.29 is 4.92 Å². The number of rotatable bonds is 3. The van der Waals surface area contributed by atoms with E-state index in [2.05, 4.69) is 26.1 Å². The molecule has 0 aliphatic rings. The van der Waals surface area contributed by atoms with Crippen molar-refractivity contribution in [2.75, 3.05) is 0 Å². The number of alkyl halides is 1. The fourth-order valence-corrected chi connectivity index (χ4v) is 2.26. The average Bonchev–Trinajstić information content (AvgIpc) is 2.69. The molecule has 0 spiro atoms. The summed E-state index contributed by atoms with van der Waals surface area (Å²) in [5, 5.41) is 19.6. The Morgan fingerprint density at radius 2 is 2.17 bits per heavy atom. The second-order valence-corrected chi connectivity index (χ2v) is 4.58. The maximum absolute atomic E-state index is 10.8. The molecule has 0 radical (unpaired) electrons. The van der Waals surface area contributed by atoms with Gasteiger partial charge >= 0.3 is 0 Å². The maximum Gasteiger partial charge on any atom is 0.271 e. The first kappa shape index (κ1) is 13.0. The van der Waals surface area contributed by atoms with Gasteiger partial charge in [-0.25, -0.2) is 0 Å². The molecule has 0 saturated carbocycles. The van der Waals surface area contributed by atoms with Crippen LogP contribution in [0.15, 0.2) is 18.2 Å². The number of non-ortho nitro benzene ring substituents is 1. The van der Waals surface area contributed by atoms with E-state index in [-0.39, 0.29) is 5.69 Å². The van der Waals surface area contributed by atoms with Gasteiger partial charge in [-0.1, -0.05) is 27.5 Å². The van der Waals surface area contributed by atoms with E-state index < -0.39 is 4.92 Å². The first-order valence-corrected chi connectivity index (χ1v) is 6.42. The predicted molar refractivity (Wildman–Crippen MR) is 70.7 cm³/mol. The Bertz CT molecular complexity index is 614. The van der Waals surface area contributed by atoms with E-state index in [0.29, 0.717) is 21.7 Å². The van der Waals surface area contributed by atoms with Crippen LogP contribution in [0.1, 0.15) is 5.82 Å². The van der Waals surface area contributed by atoms with Gasteiger partial charge in [0.1, 0.15) is 5.82 Å². The second-order valence-electron chi connectivity index (χ2n) is 3.59. The van der Waals surface area contributed by atoms with Gasteiger partial charge in [0.2, 0.25) is 0 Å². The number of benzene rings is 1. The van der Waals surface area contributed by atoms with E-state index in [1.165, 1.54) is 12.1 Å². The van der Waals surface area contributed by atoms with Crippen LogP contribution in [-0.4, -0.2) is 19.7 Å². The highest BCUT2D eigenvalue weighted by Gasteiger charge is 2.15. The molecule has 8 heteroatoms. The molecule has 18 heavy (non-hydrogen) atoms. The first-order valence-electron chi connectivity index (χ1n) is 4.92. The third-order valence-corrected chi connectivity index (χ3v) is 3.16. The Hall–Kier alpha value is -1.47. The van der Waals surface area contributed by atoms with Gasteiger partial charge in [0.15, 0.2) is 5.82 Å². The molecule has 0 fully saturated rings. The molecule has 6 nitrogen and oxygen atoms in total. The summed E-state index contributed by atoms with van der Waals surface area (Å²) in [5.74, 6) is 1.27. The van der Waals surface area contributed by atoms with Crippen LogP contribution in [0, 0.1) is 10.1 Å². The Balaban J connectivity index is 2.56. The minimum Gasteiger partial charge on any atom is -0.313 e. The van der Waals surface area contributed by atoms with E-state index in [9.17, 15) is 10.1 Å². The van der Waals surface area contributed by atoms with Crippen molar-refractivity contribution in [1.82, 2.24) is 14.8 Å². The van der Waals surface area contributed by atoms with Crippen LogP contribution < -0.4 is 0 Å². The molecule has 0 saturated heterocycles. The summed E-state index contributed by atoms with van der Waals surface area (Å²) in [4.78, 5) is 10.3. The first-order chi connectivity index (χ1) is 8.52. The SMILES string of the molecule is Cn1c(CBr)nnc1-c1cc(Cl)cc([N+](=O)[O-])c1. The summed E-state index contributed by atoms with van der Waals surface area (Å²) >= 11 is 9.15. The highest BCUT2D eigenvalue weighted by molar-refractivity contribution is 9.08. The van der Waals surface area contributed by atoms with Crippen molar-refractivity contribution in [3.05, 3.63) is 39.2 Å². The monoisotopic (exact) mass is 330 g/mol. The summed E-state index contributed by atoms with van der Waals surface area (Å²) in [6.45, 7) is 0. The summed E-state index contributed by atoms with van der Waals surface area (Å²) < 4.78 is 1.75. The lowest BCUT2D eigenvalue weighted by atomic mass is 10.2.